The highest BCUT2D eigenvalue weighted by Crippen LogP contribution is 2.38. The van der Waals surface area contributed by atoms with Gasteiger partial charge in [-0.15, -0.1) is 0 Å². The van der Waals surface area contributed by atoms with Crippen LogP contribution in [0.1, 0.15) is 24.8 Å². The van der Waals surface area contributed by atoms with Crippen molar-refractivity contribution in [3.63, 3.8) is 0 Å². The van der Waals surface area contributed by atoms with Crippen LogP contribution in [0, 0.1) is 6.92 Å². The molecule has 3 N–H and O–H groups in total. The number of anilines is 2. The number of fused-ring (bicyclic) bond motifs is 1. The van der Waals surface area contributed by atoms with E-state index in [4.69, 9.17) is 9.72 Å². The van der Waals surface area contributed by atoms with E-state index in [0.717, 1.165) is 42.3 Å². The number of alkyl halides is 3. The van der Waals surface area contributed by atoms with Gasteiger partial charge >= 0.3 is 6.18 Å². The van der Waals surface area contributed by atoms with Crippen LogP contribution in [-0.4, -0.2) is 46.8 Å². The normalized spacial score (nSPS) is 15.8. The van der Waals surface area contributed by atoms with Crippen molar-refractivity contribution in [1.82, 2.24) is 20.3 Å². The van der Waals surface area contributed by atoms with E-state index in [1.165, 1.54) is 0 Å². The standard InChI is InChI=1S/C28H29F3N6O/c1-18-9-10-20-21(6-2-8-23(20)33-16-12-28(29,30)31)25(18)38-26-22(7-4-14-34-26)24-11-15-35-27(37-24)36-19-5-3-13-32-17-19/h2,4,6-11,14-15,19,32-33H,3,5,12-13,16-17H2,1H3,(H,35,36,37)/t19-/m0/s1. The highest BCUT2D eigenvalue weighted by Gasteiger charge is 2.26. The Bertz CT molecular complexity index is 1410. The maximum Gasteiger partial charge on any atom is 0.390 e. The summed E-state index contributed by atoms with van der Waals surface area (Å²) < 4.78 is 44.4. The third-order valence-corrected chi connectivity index (χ3v) is 6.46. The van der Waals surface area contributed by atoms with Gasteiger partial charge in [0.05, 0.1) is 17.7 Å². The number of hydrogen-bond acceptors (Lipinski definition) is 7. The summed E-state index contributed by atoms with van der Waals surface area (Å²) in [6, 6.07) is 15.0. The van der Waals surface area contributed by atoms with Gasteiger partial charge in [0.2, 0.25) is 11.8 Å². The summed E-state index contributed by atoms with van der Waals surface area (Å²) in [7, 11) is 0. The summed E-state index contributed by atoms with van der Waals surface area (Å²) in [5.74, 6) is 1.51. The van der Waals surface area contributed by atoms with Crippen LogP contribution in [0.3, 0.4) is 0 Å². The second kappa shape index (κ2) is 11.2. The van der Waals surface area contributed by atoms with Gasteiger partial charge in [-0.3, -0.25) is 0 Å². The fourth-order valence-corrected chi connectivity index (χ4v) is 4.57. The lowest BCUT2D eigenvalue weighted by molar-refractivity contribution is -0.131. The second-order valence-corrected chi connectivity index (χ2v) is 9.32. The number of halogens is 3. The van der Waals surface area contributed by atoms with Gasteiger partial charge in [-0.1, -0.05) is 24.3 Å². The minimum absolute atomic E-state index is 0.210. The summed E-state index contributed by atoms with van der Waals surface area (Å²) in [4.78, 5) is 13.6. The van der Waals surface area contributed by atoms with Gasteiger partial charge in [0.25, 0.3) is 0 Å². The fraction of sp³-hybridized carbons (Fsp3) is 0.321. The summed E-state index contributed by atoms with van der Waals surface area (Å²) in [6.45, 7) is 3.60. The quantitative estimate of drug-likeness (QED) is 0.250. The second-order valence-electron chi connectivity index (χ2n) is 9.32. The molecule has 5 rings (SSSR count). The zero-order valence-electron chi connectivity index (χ0n) is 21.0. The molecule has 0 radical (unpaired) electrons. The van der Waals surface area contributed by atoms with E-state index in [1.807, 2.05) is 43.3 Å². The molecule has 38 heavy (non-hydrogen) atoms. The molecule has 2 aromatic carbocycles. The maximum atomic E-state index is 12.7. The van der Waals surface area contributed by atoms with Crippen molar-refractivity contribution in [1.29, 1.82) is 0 Å². The summed E-state index contributed by atoms with van der Waals surface area (Å²) in [5.41, 5.74) is 2.86. The van der Waals surface area contributed by atoms with Crippen LogP contribution in [0.5, 0.6) is 11.6 Å². The number of nitrogens with one attached hydrogen (secondary N) is 3. The number of aromatic nitrogens is 3. The van der Waals surface area contributed by atoms with Crippen molar-refractivity contribution >= 4 is 22.4 Å². The van der Waals surface area contributed by atoms with Gasteiger partial charge in [-0.2, -0.15) is 13.2 Å². The molecule has 1 fully saturated rings. The Morgan fingerprint density at radius 1 is 1.03 bits per heavy atom. The van der Waals surface area contributed by atoms with Crippen molar-refractivity contribution in [3.8, 4) is 22.9 Å². The number of rotatable bonds is 8. The Kier molecular flexibility index (Phi) is 7.59. The number of benzene rings is 2. The first-order valence-electron chi connectivity index (χ1n) is 12.6. The molecule has 7 nitrogen and oxygen atoms in total. The topological polar surface area (TPSA) is 84.0 Å². The molecule has 198 valence electrons. The van der Waals surface area contributed by atoms with Crippen LogP contribution in [-0.2, 0) is 0 Å². The Labute approximate surface area is 218 Å². The van der Waals surface area contributed by atoms with Crippen LogP contribution < -0.4 is 20.7 Å². The number of ether oxygens (including phenoxy) is 1. The number of pyridine rings is 1. The molecule has 1 aliphatic rings. The molecule has 1 aliphatic heterocycles. The molecule has 2 aromatic heterocycles. The molecule has 0 amide bonds. The molecule has 1 atom stereocenters. The van der Waals surface area contributed by atoms with Gasteiger partial charge < -0.3 is 20.7 Å². The molecule has 0 aliphatic carbocycles. The van der Waals surface area contributed by atoms with E-state index in [9.17, 15) is 13.2 Å². The molecule has 0 saturated carbocycles. The zero-order chi connectivity index (χ0) is 26.5. The smallest absolute Gasteiger partial charge is 0.390 e. The lowest BCUT2D eigenvalue weighted by atomic mass is 10.0. The Morgan fingerprint density at radius 3 is 2.74 bits per heavy atom. The van der Waals surface area contributed by atoms with Gasteiger partial charge in [0.15, 0.2) is 0 Å². The molecule has 0 spiro atoms. The van der Waals surface area contributed by atoms with Crippen molar-refractivity contribution < 1.29 is 17.9 Å². The van der Waals surface area contributed by atoms with Crippen LogP contribution in [0.2, 0.25) is 0 Å². The van der Waals surface area contributed by atoms with Gasteiger partial charge in [0.1, 0.15) is 5.75 Å². The van der Waals surface area contributed by atoms with Crippen molar-refractivity contribution in [3.05, 3.63) is 66.5 Å². The average Bonchev–Trinajstić information content (AvgIpc) is 2.91. The number of piperidine rings is 1. The molecular weight excluding hydrogens is 493 g/mol. The number of aryl methyl sites for hydroxylation is 1. The fourth-order valence-electron chi connectivity index (χ4n) is 4.57. The molecule has 0 unspecified atom stereocenters. The molecule has 4 aromatic rings. The van der Waals surface area contributed by atoms with Gasteiger partial charge in [0, 0.05) is 48.0 Å². The SMILES string of the molecule is Cc1ccc2c(NCCC(F)(F)F)cccc2c1Oc1ncccc1-c1ccnc(N[C@H]2CCCNC2)n1. The third kappa shape index (κ3) is 6.13. The first-order chi connectivity index (χ1) is 18.4. The van der Waals surface area contributed by atoms with E-state index in [-0.39, 0.29) is 12.6 Å². The van der Waals surface area contributed by atoms with E-state index >= 15 is 0 Å². The highest BCUT2D eigenvalue weighted by atomic mass is 19.4. The molecule has 1 saturated heterocycles. The Balaban J connectivity index is 1.44. The van der Waals surface area contributed by atoms with Crippen molar-refractivity contribution in [2.24, 2.45) is 0 Å². The maximum absolute atomic E-state index is 12.7. The van der Waals surface area contributed by atoms with Crippen molar-refractivity contribution in [2.45, 2.75) is 38.4 Å². The van der Waals surface area contributed by atoms with Crippen LogP contribution in [0.15, 0.2) is 60.9 Å². The molecule has 10 heteroatoms. The van der Waals surface area contributed by atoms with Crippen molar-refractivity contribution in [2.75, 3.05) is 30.3 Å². The number of hydrogen-bond donors (Lipinski definition) is 3. The Hall–Kier alpha value is -3.92. The lowest BCUT2D eigenvalue weighted by Crippen LogP contribution is -2.38. The first-order valence-corrected chi connectivity index (χ1v) is 12.6. The number of nitrogens with zero attached hydrogens (tertiary/aromatic N) is 3. The van der Waals surface area contributed by atoms with Crippen LogP contribution >= 0.6 is 0 Å². The monoisotopic (exact) mass is 522 g/mol. The van der Waals surface area contributed by atoms with E-state index < -0.39 is 12.6 Å². The van der Waals surface area contributed by atoms with Gasteiger partial charge in [-0.05, 0) is 56.1 Å². The largest absolute Gasteiger partial charge is 0.437 e. The Morgan fingerprint density at radius 2 is 1.92 bits per heavy atom. The lowest BCUT2D eigenvalue weighted by Gasteiger charge is -2.23. The average molecular weight is 523 g/mol. The van der Waals surface area contributed by atoms with E-state index in [1.54, 1.807) is 24.5 Å². The van der Waals surface area contributed by atoms with Gasteiger partial charge in [-0.25, -0.2) is 15.0 Å². The van der Waals surface area contributed by atoms with E-state index in [2.05, 4.69) is 25.9 Å². The predicted octanol–water partition coefficient (Wildman–Crippen LogP) is 6.32. The summed E-state index contributed by atoms with van der Waals surface area (Å²) in [5, 5.41) is 11.2. The zero-order valence-corrected chi connectivity index (χ0v) is 21.0. The first kappa shape index (κ1) is 25.7. The highest BCUT2D eigenvalue weighted by molar-refractivity contribution is 5.98. The predicted molar refractivity (Wildman–Crippen MR) is 143 cm³/mol. The summed E-state index contributed by atoms with van der Waals surface area (Å²) >= 11 is 0. The molecular formula is C28H29F3N6O. The molecule has 3 heterocycles. The minimum Gasteiger partial charge on any atom is -0.437 e. The van der Waals surface area contributed by atoms with E-state index in [0.29, 0.717) is 34.5 Å². The van der Waals surface area contributed by atoms with Crippen LogP contribution in [0.25, 0.3) is 22.0 Å². The third-order valence-electron chi connectivity index (χ3n) is 6.46. The summed E-state index contributed by atoms with van der Waals surface area (Å²) in [6.07, 6.45) is 0.374. The van der Waals surface area contributed by atoms with Crippen LogP contribution in [0.4, 0.5) is 24.8 Å². The molecule has 0 bridgehead atoms. The minimum atomic E-state index is -4.22.